The molecule has 3 aromatic carbocycles. The summed E-state index contributed by atoms with van der Waals surface area (Å²) in [5.41, 5.74) is 2.27. The molecule has 0 unspecified atom stereocenters. The first-order valence-electron chi connectivity index (χ1n) is 12.5. The lowest BCUT2D eigenvalue weighted by atomic mass is 9.93. The van der Waals surface area contributed by atoms with Gasteiger partial charge in [0.1, 0.15) is 11.6 Å². The second kappa shape index (κ2) is 10.8. The van der Waals surface area contributed by atoms with Crippen molar-refractivity contribution in [3.63, 3.8) is 0 Å². The van der Waals surface area contributed by atoms with Crippen molar-refractivity contribution in [1.29, 1.82) is 0 Å². The molecule has 37 heavy (non-hydrogen) atoms. The molecule has 0 fully saturated rings. The van der Waals surface area contributed by atoms with E-state index in [0.717, 1.165) is 36.1 Å². The minimum atomic E-state index is -3.92. The van der Waals surface area contributed by atoms with Crippen molar-refractivity contribution in [2.45, 2.75) is 42.7 Å². The molecule has 0 bridgehead atoms. The van der Waals surface area contributed by atoms with E-state index >= 15 is 0 Å². The number of hydrogen-bond donors (Lipinski definition) is 1. The third-order valence-corrected chi connectivity index (χ3v) is 8.59. The summed E-state index contributed by atoms with van der Waals surface area (Å²) in [6.45, 7) is 0.118. The van der Waals surface area contributed by atoms with E-state index < -0.39 is 16.1 Å². The third kappa shape index (κ3) is 5.26. The standard InChI is InChI=1S/C29H31N3O4S/c1-36-25-18-16-23(17-19-25)32(37(34,35)26-12-6-3-7-13-26)21-24(33)20-31-28-15-9-8-14-27(28)30-29(31)22-10-4-2-5-11-22/h2-4,6-9,12-19,22,24,33H,5,10-11,20-21H2,1H3/t22-,24+/m0/s1. The molecule has 5 rings (SSSR count). The summed E-state index contributed by atoms with van der Waals surface area (Å²) in [5.74, 6) is 1.82. The van der Waals surface area contributed by atoms with Crippen molar-refractivity contribution in [3.05, 3.63) is 96.8 Å². The van der Waals surface area contributed by atoms with Crippen LogP contribution in [-0.4, -0.2) is 42.8 Å². The summed E-state index contributed by atoms with van der Waals surface area (Å²) in [6.07, 6.45) is 6.30. The number of rotatable bonds is 9. The Bertz CT molecular complexity index is 1480. The fourth-order valence-electron chi connectivity index (χ4n) is 4.90. The van der Waals surface area contributed by atoms with Gasteiger partial charge in [0.25, 0.3) is 10.0 Å². The Morgan fingerprint density at radius 1 is 1.03 bits per heavy atom. The number of fused-ring (bicyclic) bond motifs is 1. The Hall–Kier alpha value is -3.62. The molecule has 0 aliphatic heterocycles. The van der Waals surface area contributed by atoms with E-state index in [1.165, 1.54) is 4.31 Å². The lowest BCUT2D eigenvalue weighted by Gasteiger charge is -2.28. The third-order valence-electron chi connectivity index (χ3n) is 6.78. The minimum absolute atomic E-state index is 0.111. The highest BCUT2D eigenvalue weighted by molar-refractivity contribution is 7.92. The largest absolute Gasteiger partial charge is 0.497 e. The molecule has 0 saturated heterocycles. The number of para-hydroxylation sites is 2. The number of anilines is 1. The minimum Gasteiger partial charge on any atom is -0.497 e. The van der Waals surface area contributed by atoms with Crippen LogP contribution in [0.15, 0.2) is 95.9 Å². The number of benzene rings is 3. The van der Waals surface area contributed by atoms with Gasteiger partial charge in [0.05, 0.1) is 47.9 Å². The fourth-order valence-corrected chi connectivity index (χ4v) is 6.42. The van der Waals surface area contributed by atoms with Crippen molar-refractivity contribution >= 4 is 26.7 Å². The predicted octanol–water partition coefficient (Wildman–Crippen LogP) is 5.13. The van der Waals surface area contributed by atoms with Crippen LogP contribution in [0.2, 0.25) is 0 Å². The van der Waals surface area contributed by atoms with Gasteiger partial charge in [-0.05, 0) is 67.8 Å². The number of aromatic nitrogens is 2. The molecule has 7 nitrogen and oxygen atoms in total. The second-order valence-corrected chi connectivity index (χ2v) is 11.1. The number of sulfonamides is 1. The average molecular weight is 518 g/mol. The van der Waals surface area contributed by atoms with Crippen LogP contribution >= 0.6 is 0 Å². The van der Waals surface area contributed by atoms with Crippen LogP contribution in [0.4, 0.5) is 5.69 Å². The van der Waals surface area contributed by atoms with E-state index in [9.17, 15) is 13.5 Å². The molecule has 1 aliphatic carbocycles. The number of imidazole rings is 1. The maximum Gasteiger partial charge on any atom is 0.264 e. The summed E-state index contributed by atoms with van der Waals surface area (Å²) in [6, 6.07) is 23.0. The molecule has 1 heterocycles. The van der Waals surface area contributed by atoms with Crippen LogP contribution in [0, 0.1) is 0 Å². The van der Waals surface area contributed by atoms with Crippen LogP contribution in [-0.2, 0) is 16.6 Å². The fraction of sp³-hybridized carbons (Fsp3) is 0.276. The maximum atomic E-state index is 13.7. The van der Waals surface area contributed by atoms with Gasteiger partial charge >= 0.3 is 0 Å². The molecule has 2 atom stereocenters. The molecular weight excluding hydrogens is 486 g/mol. The number of ether oxygens (including phenoxy) is 1. The zero-order chi connectivity index (χ0) is 25.8. The van der Waals surface area contributed by atoms with Gasteiger partial charge in [0, 0.05) is 5.92 Å². The van der Waals surface area contributed by atoms with Crippen LogP contribution in [0.25, 0.3) is 11.0 Å². The van der Waals surface area contributed by atoms with Crippen LogP contribution in [0.1, 0.15) is 31.0 Å². The van der Waals surface area contributed by atoms with E-state index in [1.54, 1.807) is 61.7 Å². The molecule has 1 aliphatic rings. The van der Waals surface area contributed by atoms with E-state index in [1.807, 2.05) is 24.3 Å². The highest BCUT2D eigenvalue weighted by Gasteiger charge is 2.29. The van der Waals surface area contributed by atoms with Crippen molar-refractivity contribution in [3.8, 4) is 5.75 Å². The molecule has 0 radical (unpaired) electrons. The van der Waals surface area contributed by atoms with E-state index in [-0.39, 0.29) is 23.9 Å². The van der Waals surface area contributed by atoms with E-state index in [2.05, 4.69) is 16.7 Å². The number of aliphatic hydroxyl groups excluding tert-OH is 1. The summed E-state index contributed by atoms with van der Waals surface area (Å²) in [4.78, 5) is 5.08. The quantitative estimate of drug-likeness (QED) is 0.311. The Morgan fingerprint density at radius 2 is 1.76 bits per heavy atom. The summed E-state index contributed by atoms with van der Waals surface area (Å²) in [5, 5.41) is 11.4. The first-order chi connectivity index (χ1) is 18.0. The Kier molecular flexibility index (Phi) is 7.30. The highest BCUT2D eigenvalue weighted by atomic mass is 32.2. The van der Waals surface area contributed by atoms with Crippen molar-refractivity contribution in [1.82, 2.24) is 9.55 Å². The number of allylic oxidation sites excluding steroid dienone is 2. The zero-order valence-electron chi connectivity index (χ0n) is 20.8. The SMILES string of the molecule is COc1ccc(N(C[C@H](O)Cn2c([C@H]3CC=CCC3)nc3ccccc32)S(=O)(=O)c2ccccc2)cc1. The van der Waals surface area contributed by atoms with Gasteiger partial charge in [-0.1, -0.05) is 42.5 Å². The number of aliphatic hydroxyl groups is 1. The van der Waals surface area contributed by atoms with Gasteiger partial charge in [0.15, 0.2) is 0 Å². The predicted molar refractivity (Wildman–Crippen MR) is 145 cm³/mol. The van der Waals surface area contributed by atoms with Crippen molar-refractivity contribution in [2.24, 2.45) is 0 Å². The molecule has 0 saturated carbocycles. The Morgan fingerprint density at radius 3 is 2.46 bits per heavy atom. The van der Waals surface area contributed by atoms with E-state index in [4.69, 9.17) is 9.72 Å². The Labute approximate surface area is 217 Å². The van der Waals surface area contributed by atoms with Crippen molar-refractivity contribution < 1.29 is 18.3 Å². The summed E-state index contributed by atoms with van der Waals surface area (Å²) < 4.78 is 36.0. The van der Waals surface area contributed by atoms with Crippen molar-refractivity contribution in [2.75, 3.05) is 18.0 Å². The molecular formula is C29H31N3O4S. The Balaban J connectivity index is 1.49. The average Bonchev–Trinajstić information content (AvgIpc) is 3.31. The van der Waals surface area contributed by atoms with E-state index in [0.29, 0.717) is 11.4 Å². The molecule has 192 valence electrons. The van der Waals surface area contributed by atoms with Gasteiger partial charge in [-0.2, -0.15) is 0 Å². The van der Waals surface area contributed by atoms with Gasteiger partial charge in [-0.3, -0.25) is 4.31 Å². The lowest BCUT2D eigenvalue weighted by molar-refractivity contribution is 0.162. The van der Waals surface area contributed by atoms with Gasteiger partial charge in [-0.15, -0.1) is 0 Å². The molecule has 1 aromatic heterocycles. The smallest absolute Gasteiger partial charge is 0.264 e. The lowest BCUT2D eigenvalue weighted by Crippen LogP contribution is -2.39. The summed E-state index contributed by atoms with van der Waals surface area (Å²) >= 11 is 0. The summed E-state index contributed by atoms with van der Waals surface area (Å²) in [7, 11) is -2.36. The molecule has 4 aromatic rings. The second-order valence-electron chi connectivity index (χ2n) is 9.25. The monoisotopic (exact) mass is 517 g/mol. The molecule has 0 amide bonds. The maximum absolute atomic E-state index is 13.7. The number of nitrogens with zero attached hydrogens (tertiary/aromatic N) is 3. The van der Waals surface area contributed by atoms with Crippen LogP contribution in [0.3, 0.4) is 0 Å². The molecule has 0 spiro atoms. The van der Waals surface area contributed by atoms with Crippen LogP contribution < -0.4 is 9.04 Å². The first-order valence-corrected chi connectivity index (χ1v) is 13.9. The van der Waals surface area contributed by atoms with Gasteiger partial charge in [0.2, 0.25) is 0 Å². The highest BCUT2D eigenvalue weighted by Crippen LogP contribution is 2.32. The van der Waals surface area contributed by atoms with Gasteiger partial charge in [-0.25, -0.2) is 13.4 Å². The first kappa shape index (κ1) is 25.0. The normalized spacial score (nSPS) is 16.5. The molecule has 1 N–H and O–H groups in total. The number of methoxy groups -OCH3 is 1. The van der Waals surface area contributed by atoms with Gasteiger partial charge < -0.3 is 14.4 Å². The van der Waals surface area contributed by atoms with Crippen LogP contribution in [0.5, 0.6) is 5.75 Å². The molecule has 8 heteroatoms. The zero-order valence-corrected chi connectivity index (χ0v) is 21.6. The topological polar surface area (TPSA) is 84.7 Å². The number of hydrogen-bond acceptors (Lipinski definition) is 5.